The Morgan fingerprint density at radius 3 is 2.35 bits per heavy atom. The van der Waals surface area contributed by atoms with Crippen molar-refractivity contribution in [3.05, 3.63) is 22.9 Å². The fourth-order valence-electron chi connectivity index (χ4n) is 0.806. The molecule has 3 nitrogen and oxygen atoms in total. The monoisotopic (exact) mass is 318 g/mol. The number of carbonyl (C=O) groups excluding carboxylic acids is 1. The van der Waals surface area contributed by atoms with Gasteiger partial charge in [-0.1, -0.05) is 0 Å². The van der Waals surface area contributed by atoms with Crippen LogP contribution in [0.4, 0.5) is 27.6 Å². The molecule has 0 aliphatic rings. The molecule has 0 aromatic carbocycles. The Bertz CT molecular complexity index is 434. The molecule has 1 aromatic rings. The van der Waals surface area contributed by atoms with Crippen molar-refractivity contribution in [2.24, 2.45) is 0 Å². The fourth-order valence-corrected chi connectivity index (χ4v) is 1.16. The molecule has 9 heteroatoms. The number of aromatic nitrogens is 1. The summed E-state index contributed by atoms with van der Waals surface area (Å²) < 4.78 is 60.8. The lowest BCUT2D eigenvalue weighted by Crippen LogP contribution is -2.47. The van der Waals surface area contributed by atoms with Crippen molar-refractivity contribution in [3.8, 4) is 0 Å². The van der Waals surface area contributed by atoms with Gasteiger partial charge < -0.3 is 5.32 Å². The zero-order chi connectivity index (χ0) is 13.3. The van der Waals surface area contributed by atoms with Crippen LogP contribution < -0.4 is 5.32 Å². The number of amides is 1. The Balaban J connectivity index is 2.91. The topological polar surface area (TPSA) is 42.0 Å². The minimum atomic E-state index is -5.93. The highest BCUT2D eigenvalue weighted by Crippen LogP contribution is 2.36. The first kappa shape index (κ1) is 13.8. The molecule has 0 radical (unpaired) electrons. The van der Waals surface area contributed by atoms with Crippen molar-refractivity contribution in [2.75, 3.05) is 5.32 Å². The van der Waals surface area contributed by atoms with E-state index in [-0.39, 0.29) is 10.2 Å². The molecule has 0 saturated heterocycles. The van der Waals surface area contributed by atoms with E-state index in [1.807, 2.05) is 0 Å². The summed E-state index contributed by atoms with van der Waals surface area (Å²) in [7, 11) is 0. The summed E-state index contributed by atoms with van der Waals surface area (Å²) >= 11 is 2.84. The van der Waals surface area contributed by atoms with Crippen LogP contribution in [0.1, 0.15) is 0 Å². The van der Waals surface area contributed by atoms with Gasteiger partial charge in [0, 0.05) is 12.4 Å². The summed E-state index contributed by atoms with van der Waals surface area (Å²) in [5.41, 5.74) is -0.228. The van der Waals surface area contributed by atoms with Gasteiger partial charge >= 0.3 is 18.0 Å². The van der Waals surface area contributed by atoms with Crippen LogP contribution in [0.3, 0.4) is 0 Å². The number of nitrogens with one attached hydrogen (secondary N) is 1. The molecule has 0 fully saturated rings. The predicted octanol–water partition coefficient (Wildman–Crippen LogP) is 2.98. The molecule has 0 bridgehead atoms. The number of hydrogen-bond donors (Lipinski definition) is 1. The van der Waals surface area contributed by atoms with Crippen LogP contribution in [0, 0.1) is 0 Å². The van der Waals surface area contributed by atoms with Gasteiger partial charge in [-0.05, 0) is 22.0 Å². The molecule has 0 aliphatic carbocycles. The lowest BCUT2D eigenvalue weighted by atomic mass is 10.3. The van der Waals surface area contributed by atoms with Gasteiger partial charge in [0.05, 0.1) is 10.2 Å². The normalized spacial score (nSPS) is 12.4. The Morgan fingerprint density at radius 2 is 1.88 bits per heavy atom. The molecule has 1 heterocycles. The number of anilines is 1. The quantitative estimate of drug-likeness (QED) is 0.852. The molecular weight excluding hydrogens is 315 g/mol. The zero-order valence-electron chi connectivity index (χ0n) is 7.86. The Hall–Kier alpha value is -1.25. The minimum Gasteiger partial charge on any atom is -0.319 e. The Labute approximate surface area is 100 Å². The highest BCUT2D eigenvalue weighted by Gasteiger charge is 2.63. The maximum absolute atomic E-state index is 12.6. The smallest absolute Gasteiger partial charge is 0.319 e. The van der Waals surface area contributed by atoms with Gasteiger partial charge in [0.25, 0.3) is 0 Å². The predicted molar refractivity (Wildman–Crippen MR) is 51.6 cm³/mol. The number of alkyl halides is 5. The Morgan fingerprint density at radius 1 is 1.29 bits per heavy atom. The highest BCUT2D eigenvalue weighted by atomic mass is 79.9. The van der Waals surface area contributed by atoms with Crippen LogP contribution >= 0.6 is 15.9 Å². The lowest BCUT2D eigenvalue weighted by Gasteiger charge is -2.18. The molecule has 0 saturated carbocycles. The van der Waals surface area contributed by atoms with Gasteiger partial charge in [-0.3, -0.25) is 9.78 Å². The number of pyridine rings is 1. The van der Waals surface area contributed by atoms with Crippen molar-refractivity contribution in [1.82, 2.24) is 4.98 Å². The van der Waals surface area contributed by atoms with E-state index in [0.717, 1.165) is 18.5 Å². The molecule has 1 amide bonds. The molecule has 1 aromatic heterocycles. The first-order valence-corrected chi connectivity index (χ1v) is 4.81. The number of halogens is 6. The second kappa shape index (κ2) is 4.55. The van der Waals surface area contributed by atoms with E-state index in [0.29, 0.717) is 0 Å². The van der Waals surface area contributed by atoms with E-state index < -0.39 is 18.0 Å². The summed E-state index contributed by atoms with van der Waals surface area (Å²) in [6.07, 6.45) is -3.66. The number of hydrogen-bond acceptors (Lipinski definition) is 2. The van der Waals surface area contributed by atoms with Gasteiger partial charge in [0.2, 0.25) is 0 Å². The van der Waals surface area contributed by atoms with Crippen molar-refractivity contribution in [1.29, 1.82) is 0 Å². The SMILES string of the molecule is O=C(Nc1ccncc1Br)C(F)(F)C(F)(F)F. The van der Waals surface area contributed by atoms with Gasteiger partial charge in [-0.25, -0.2) is 0 Å². The molecule has 0 unspecified atom stereocenters. The molecule has 0 aliphatic heterocycles. The van der Waals surface area contributed by atoms with E-state index in [1.54, 1.807) is 0 Å². The number of carbonyl (C=O) groups is 1. The van der Waals surface area contributed by atoms with Gasteiger partial charge in [-0.2, -0.15) is 22.0 Å². The van der Waals surface area contributed by atoms with E-state index in [4.69, 9.17) is 0 Å². The maximum Gasteiger partial charge on any atom is 0.463 e. The summed E-state index contributed by atoms with van der Waals surface area (Å²) in [5.74, 6) is -7.90. The molecule has 17 heavy (non-hydrogen) atoms. The fraction of sp³-hybridized carbons (Fsp3) is 0.250. The van der Waals surface area contributed by atoms with Crippen LogP contribution in [0.2, 0.25) is 0 Å². The summed E-state index contributed by atoms with van der Waals surface area (Å²) in [6, 6.07) is 1.08. The standard InChI is InChI=1S/C8H4BrF5N2O/c9-4-3-15-2-1-5(4)16-6(17)7(10,11)8(12,13)14/h1-3H,(H,15,16,17). The first-order valence-electron chi connectivity index (χ1n) is 4.02. The highest BCUT2D eigenvalue weighted by molar-refractivity contribution is 9.10. The van der Waals surface area contributed by atoms with E-state index in [9.17, 15) is 26.7 Å². The molecule has 0 atom stereocenters. The van der Waals surface area contributed by atoms with Crippen LogP contribution in [-0.4, -0.2) is 23.0 Å². The second-order valence-corrected chi connectivity index (χ2v) is 3.74. The second-order valence-electron chi connectivity index (χ2n) is 2.88. The van der Waals surface area contributed by atoms with Crippen molar-refractivity contribution in [2.45, 2.75) is 12.1 Å². The van der Waals surface area contributed by atoms with Crippen LogP contribution in [0.5, 0.6) is 0 Å². The molecule has 1 N–H and O–H groups in total. The summed E-state index contributed by atoms with van der Waals surface area (Å²) in [5, 5.41) is 1.46. The van der Waals surface area contributed by atoms with Crippen LogP contribution in [0.15, 0.2) is 22.9 Å². The van der Waals surface area contributed by atoms with E-state index in [1.165, 1.54) is 5.32 Å². The molecular formula is C8H4BrF5N2O. The average molecular weight is 319 g/mol. The number of nitrogens with zero attached hydrogens (tertiary/aromatic N) is 1. The average Bonchev–Trinajstić information content (AvgIpc) is 2.19. The van der Waals surface area contributed by atoms with E-state index in [2.05, 4.69) is 20.9 Å². The molecule has 94 valence electrons. The van der Waals surface area contributed by atoms with Crippen molar-refractivity contribution in [3.63, 3.8) is 0 Å². The first-order chi connectivity index (χ1) is 7.66. The van der Waals surface area contributed by atoms with Gasteiger partial charge in [0.15, 0.2) is 0 Å². The van der Waals surface area contributed by atoms with E-state index >= 15 is 0 Å². The Kier molecular flexibility index (Phi) is 3.70. The zero-order valence-corrected chi connectivity index (χ0v) is 9.44. The van der Waals surface area contributed by atoms with Crippen molar-refractivity contribution >= 4 is 27.5 Å². The van der Waals surface area contributed by atoms with Gasteiger partial charge in [0.1, 0.15) is 0 Å². The third-order valence-corrected chi connectivity index (χ3v) is 2.29. The maximum atomic E-state index is 12.6. The molecule has 0 spiro atoms. The number of rotatable bonds is 2. The third kappa shape index (κ3) is 2.90. The third-order valence-electron chi connectivity index (χ3n) is 1.66. The van der Waals surface area contributed by atoms with Gasteiger partial charge in [-0.15, -0.1) is 0 Å². The lowest BCUT2D eigenvalue weighted by molar-refractivity contribution is -0.267. The summed E-state index contributed by atoms with van der Waals surface area (Å²) in [6.45, 7) is 0. The van der Waals surface area contributed by atoms with Crippen molar-refractivity contribution < 1.29 is 26.7 Å². The largest absolute Gasteiger partial charge is 0.463 e. The van der Waals surface area contributed by atoms with Crippen LogP contribution in [0.25, 0.3) is 0 Å². The summed E-state index contributed by atoms with van der Waals surface area (Å²) in [4.78, 5) is 14.4. The minimum absolute atomic E-state index is 0.0892. The molecule has 1 rings (SSSR count). The van der Waals surface area contributed by atoms with Crippen LogP contribution in [-0.2, 0) is 4.79 Å².